The number of carboxylic acid groups (broad SMARTS) is 1. The molecule has 1 aliphatic rings. The summed E-state index contributed by atoms with van der Waals surface area (Å²) < 4.78 is 0. The Morgan fingerprint density at radius 3 is 2.57 bits per heavy atom. The molecule has 2 rings (SSSR count). The molecule has 1 saturated heterocycles. The van der Waals surface area contributed by atoms with Crippen LogP contribution in [0.2, 0.25) is 0 Å². The van der Waals surface area contributed by atoms with E-state index in [0.717, 1.165) is 18.5 Å². The van der Waals surface area contributed by atoms with Gasteiger partial charge in [0.25, 0.3) is 0 Å². The number of phenols is 1. The molecule has 114 valence electrons. The fourth-order valence-electron chi connectivity index (χ4n) is 2.51. The highest BCUT2D eigenvalue weighted by Gasteiger charge is 2.29. The molecule has 0 radical (unpaired) electrons. The van der Waals surface area contributed by atoms with Gasteiger partial charge in [-0.1, -0.05) is 12.1 Å². The second-order valence-corrected chi connectivity index (χ2v) is 5.52. The minimum Gasteiger partial charge on any atom is -0.508 e. The molecule has 2 atom stereocenters. The number of amides is 1. The number of carbonyl (C=O) groups is 2. The zero-order chi connectivity index (χ0) is 15.4. The van der Waals surface area contributed by atoms with Gasteiger partial charge in [0.05, 0.1) is 5.92 Å². The third-order valence-corrected chi connectivity index (χ3v) is 3.75. The number of nitrogens with zero attached hydrogens (tertiary/aromatic N) is 1. The van der Waals surface area contributed by atoms with Crippen molar-refractivity contribution < 1.29 is 19.8 Å². The number of aliphatic carboxylic acids is 1. The lowest BCUT2D eigenvalue weighted by Crippen LogP contribution is -2.45. The molecule has 3 N–H and O–H groups in total. The fraction of sp³-hybridized carbons (Fsp3) is 0.467. The third kappa shape index (κ3) is 4.19. The van der Waals surface area contributed by atoms with Crippen molar-refractivity contribution in [3.05, 3.63) is 29.8 Å². The van der Waals surface area contributed by atoms with Gasteiger partial charge in [0.2, 0.25) is 5.91 Å². The molecule has 1 aromatic carbocycles. The van der Waals surface area contributed by atoms with Crippen LogP contribution in [0.15, 0.2) is 24.3 Å². The normalized spacial score (nSPS) is 20.1. The van der Waals surface area contributed by atoms with E-state index in [-0.39, 0.29) is 24.0 Å². The molecule has 21 heavy (non-hydrogen) atoms. The van der Waals surface area contributed by atoms with Gasteiger partial charge >= 0.3 is 5.97 Å². The van der Waals surface area contributed by atoms with Gasteiger partial charge in [0, 0.05) is 13.0 Å². The lowest BCUT2D eigenvalue weighted by Gasteiger charge is -2.17. The van der Waals surface area contributed by atoms with Crippen LogP contribution in [0.3, 0.4) is 0 Å². The van der Waals surface area contributed by atoms with Crippen LogP contribution in [-0.4, -0.2) is 53.2 Å². The SMILES string of the molecule is CN1CCC(C(=O)NC(Cc2ccc(O)cc2)C(=O)O)C1. The van der Waals surface area contributed by atoms with E-state index in [1.165, 1.54) is 12.1 Å². The highest BCUT2D eigenvalue weighted by atomic mass is 16.4. The Balaban J connectivity index is 1.97. The molecular weight excluding hydrogens is 272 g/mol. The maximum absolute atomic E-state index is 12.1. The Labute approximate surface area is 123 Å². The van der Waals surface area contributed by atoms with Gasteiger partial charge in [0.1, 0.15) is 11.8 Å². The predicted octanol–water partition coefficient (Wildman–Crippen LogP) is 0.456. The zero-order valence-corrected chi connectivity index (χ0v) is 12.0. The highest BCUT2D eigenvalue weighted by Crippen LogP contribution is 2.15. The minimum atomic E-state index is -1.05. The molecule has 1 aromatic rings. The maximum atomic E-state index is 12.1. The molecule has 2 unspecified atom stereocenters. The molecular formula is C15H20N2O4. The van der Waals surface area contributed by atoms with Crippen LogP contribution < -0.4 is 5.32 Å². The van der Waals surface area contributed by atoms with E-state index in [2.05, 4.69) is 10.2 Å². The Morgan fingerprint density at radius 1 is 1.38 bits per heavy atom. The summed E-state index contributed by atoms with van der Waals surface area (Å²) in [4.78, 5) is 25.5. The van der Waals surface area contributed by atoms with E-state index in [1.807, 2.05) is 7.05 Å². The summed E-state index contributed by atoms with van der Waals surface area (Å²) in [6.07, 6.45) is 0.956. The van der Waals surface area contributed by atoms with Crippen molar-refractivity contribution in [3.63, 3.8) is 0 Å². The molecule has 0 spiro atoms. The number of nitrogens with one attached hydrogen (secondary N) is 1. The van der Waals surface area contributed by atoms with E-state index in [0.29, 0.717) is 6.54 Å². The maximum Gasteiger partial charge on any atom is 0.326 e. The van der Waals surface area contributed by atoms with Gasteiger partial charge in [-0.25, -0.2) is 4.79 Å². The number of hydrogen-bond acceptors (Lipinski definition) is 4. The van der Waals surface area contributed by atoms with Crippen LogP contribution in [0.25, 0.3) is 0 Å². The molecule has 6 nitrogen and oxygen atoms in total. The van der Waals surface area contributed by atoms with Crippen molar-refractivity contribution >= 4 is 11.9 Å². The standard InChI is InChI=1S/C15H20N2O4/c1-17-7-6-11(9-17)14(19)16-13(15(20)21)8-10-2-4-12(18)5-3-10/h2-5,11,13,18H,6-9H2,1H3,(H,16,19)(H,20,21). The Bertz CT molecular complexity index is 515. The Kier molecular flexibility index (Phi) is 4.80. The average molecular weight is 292 g/mol. The van der Waals surface area contributed by atoms with E-state index in [4.69, 9.17) is 0 Å². The Hall–Kier alpha value is -2.08. The van der Waals surface area contributed by atoms with Crippen LogP contribution >= 0.6 is 0 Å². The van der Waals surface area contributed by atoms with E-state index < -0.39 is 12.0 Å². The summed E-state index contributed by atoms with van der Waals surface area (Å²) in [5, 5.41) is 21.1. The summed E-state index contributed by atoms with van der Waals surface area (Å²) in [5.74, 6) is -1.27. The van der Waals surface area contributed by atoms with Crippen molar-refractivity contribution in [1.82, 2.24) is 10.2 Å². The smallest absolute Gasteiger partial charge is 0.326 e. The van der Waals surface area contributed by atoms with E-state index in [9.17, 15) is 19.8 Å². The number of likely N-dealkylation sites (tertiary alicyclic amines) is 1. The fourth-order valence-corrected chi connectivity index (χ4v) is 2.51. The molecule has 6 heteroatoms. The average Bonchev–Trinajstić information content (AvgIpc) is 2.87. The summed E-state index contributed by atoms with van der Waals surface area (Å²) in [5.41, 5.74) is 0.754. The molecule has 0 aromatic heterocycles. The van der Waals surface area contributed by atoms with Crippen molar-refractivity contribution in [1.29, 1.82) is 0 Å². The summed E-state index contributed by atoms with van der Waals surface area (Å²) in [6, 6.07) is 5.36. The third-order valence-electron chi connectivity index (χ3n) is 3.75. The quantitative estimate of drug-likeness (QED) is 0.733. The number of hydrogen-bond donors (Lipinski definition) is 3. The topological polar surface area (TPSA) is 89.9 Å². The number of carboxylic acids is 1. The van der Waals surface area contributed by atoms with E-state index in [1.54, 1.807) is 12.1 Å². The van der Waals surface area contributed by atoms with Crippen LogP contribution in [0.4, 0.5) is 0 Å². The van der Waals surface area contributed by atoms with Crippen LogP contribution in [0, 0.1) is 5.92 Å². The summed E-state index contributed by atoms with van der Waals surface area (Å²) in [6.45, 7) is 1.52. The summed E-state index contributed by atoms with van der Waals surface area (Å²) >= 11 is 0. The van der Waals surface area contributed by atoms with Gasteiger partial charge in [-0.15, -0.1) is 0 Å². The number of phenolic OH excluding ortho intramolecular Hbond substituents is 1. The first-order chi connectivity index (χ1) is 9.95. The number of benzene rings is 1. The minimum absolute atomic E-state index is 0.128. The van der Waals surface area contributed by atoms with Gasteiger partial charge in [0.15, 0.2) is 0 Å². The van der Waals surface area contributed by atoms with Crippen molar-refractivity contribution in [2.75, 3.05) is 20.1 Å². The second kappa shape index (κ2) is 6.58. The molecule has 1 aliphatic heterocycles. The molecule has 0 bridgehead atoms. The lowest BCUT2D eigenvalue weighted by atomic mass is 10.0. The lowest BCUT2D eigenvalue weighted by molar-refractivity contribution is -0.142. The van der Waals surface area contributed by atoms with Crippen molar-refractivity contribution in [2.45, 2.75) is 18.9 Å². The number of carbonyl (C=O) groups excluding carboxylic acids is 1. The molecule has 0 saturated carbocycles. The van der Waals surface area contributed by atoms with Crippen molar-refractivity contribution in [3.8, 4) is 5.75 Å². The highest BCUT2D eigenvalue weighted by molar-refractivity contribution is 5.85. The monoisotopic (exact) mass is 292 g/mol. The van der Waals surface area contributed by atoms with Crippen molar-refractivity contribution in [2.24, 2.45) is 5.92 Å². The zero-order valence-electron chi connectivity index (χ0n) is 12.0. The van der Waals surface area contributed by atoms with Crippen LogP contribution in [0.1, 0.15) is 12.0 Å². The van der Waals surface area contributed by atoms with Gasteiger partial charge in [-0.3, -0.25) is 4.79 Å². The molecule has 1 amide bonds. The molecule has 1 heterocycles. The van der Waals surface area contributed by atoms with Gasteiger partial charge in [-0.05, 0) is 37.7 Å². The van der Waals surface area contributed by atoms with Crippen LogP contribution in [0.5, 0.6) is 5.75 Å². The largest absolute Gasteiger partial charge is 0.508 e. The summed E-state index contributed by atoms with van der Waals surface area (Å²) in [7, 11) is 1.94. The number of aromatic hydroxyl groups is 1. The van der Waals surface area contributed by atoms with Gasteiger partial charge < -0.3 is 20.4 Å². The predicted molar refractivity (Wildman–Crippen MR) is 77.0 cm³/mol. The molecule has 1 fully saturated rings. The van der Waals surface area contributed by atoms with Crippen LogP contribution in [-0.2, 0) is 16.0 Å². The second-order valence-electron chi connectivity index (χ2n) is 5.52. The first-order valence-corrected chi connectivity index (χ1v) is 6.95. The van der Waals surface area contributed by atoms with E-state index >= 15 is 0 Å². The molecule has 0 aliphatic carbocycles. The first-order valence-electron chi connectivity index (χ1n) is 6.95. The number of rotatable bonds is 5. The Morgan fingerprint density at radius 2 is 2.05 bits per heavy atom. The first kappa shape index (κ1) is 15.3. The van der Waals surface area contributed by atoms with Gasteiger partial charge in [-0.2, -0.15) is 0 Å².